The van der Waals surface area contributed by atoms with Crippen molar-refractivity contribution in [3.8, 4) is 5.75 Å². The summed E-state index contributed by atoms with van der Waals surface area (Å²) in [5.74, 6) is 0.960. The van der Waals surface area contributed by atoms with E-state index in [1.165, 1.54) is 18.4 Å². The summed E-state index contributed by atoms with van der Waals surface area (Å²) in [4.78, 5) is 4.48. The number of rotatable bonds is 5. The van der Waals surface area contributed by atoms with Gasteiger partial charge in [-0.1, -0.05) is 18.2 Å². The summed E-state index contributed by atoms with van der Waals surface area (Å²) in [7, 11) is 1.71. The number of hydrogen-bond acceptors (Lipinski definition) is 3. The molecule has 1 aromatic carbocycles. The third kappa shape index (κ3) is 3.56. The highest BCUT2D eigenvalue weighted by Crippen LogP contribution is 2.17. The van der Waals surface area contributed by atoms with Gasteiger partial charge in [0.25, 0.3) is 0 Å². The Morgan fingerprint density at radius 1 is 1.47 bits per heavy atom. The summed E-state index contributed by atoms with van der Waals surface area (Å²) in [5, 5.41) is 3.40. The van der Waals surface area contributed by atoms with Crippen LogP contribution in [-0.2, 0) is 6.42 Å². The van der Waals surface area contributed by atoms with E-state index in [1.54, 1.807) is 7.11 Å². The van der Waals surface area contributed by atoms with Crippen molar-refractivity contribution in [3.63, 3.8) is 0 Å². The van der Waals surface area contributed by atoms with Crippen molar-refractivity contribution >= 4 is 6.21 Å². The topological polar surface area (TPSA) is 33.6 Å². The number of methoxy groups -OCH3 is 1. The molecule has 0 amide bonds. The van der Waals surface area contributed by atoms with E-state index in [4.69, 9.17) is 4.74 Å². The normalized spacial score (nSPS) is 19.9. The van der Waals surface area contributed by atoms with Crippen LogP contribution in [0.4, 0.5) is 0 Å². The molecular weight excluding hydrogens is 212 g/mol. The van der Waals surface area contributed by atoms with Crippen molar-refractivity contribution in [2.75, 3.05) is 20.2 Å². The van der Waals surface area contributed by atoms with E-state index in [0.29, 0.717) is 6.04 Å². The van der Waals surface area contributed by atoms with Crippen molar-refractivity contribution in [1.29, 1.82) is 0 Å². The molecule has 92 valence electrons. The SMILES string of the molecule is COc1ccccc1CCN=CC1CCCN1. The number of para-hydroxylation sites is 1. The third-order valence-corrected chi connectivity index (χ3v) is 3.09. The van der Waals surface area contributed by atoms with Crippen molar-refractivity contribution in [3.05, 3.63) is 29.8 Å². The van der Waals surface area contributed by atoms with Gasteiger partial charge in [0.1, 0.15) is 5.75 Å². The molecule has 1 aliphatic rings. The Morgan fingerprint density at radius 2 is 2.35 bits per heavy atom. The van der Waals surface area contributed by atoms with Crippen LogP contribution >= 0.6 is 0 Å². The van der Waals surface area contributed by atoms with Gasteiger partial charge in [0.15, 0.2) is 0 Å². The highest BCUT2D eigenvalue weighted by molar-refractivity contribution is 5.64. The van der Waals surface area contributed by atoms with Crippen LogP contribution < -0.4 is 10.1 Å². The molecular formula is C14H20N2O. The first-order valence-corrected chi connectivity index (χ1v) is 6.25. The van der Waals surface area contributed by atoms with E-state index in [1.807, 2.05) is 18.2 Å². The van der Waals surface area contributed by atoms with Crippen molar-refractivity contribution in [1.82, 2.24) is 5.32 Å². The molecule has 1 aromatic rings. The van der Waals surface area contributed by atoms with Crippen molar-refractivity contribution in [2.24, 2.45) is 4.99 Å². The van der Waals surface area contributed by atoms with E-state index >= 15 is 0 Å². The lowest BCUT2D eigenvalue weighted by atomic mass is 10.1. The molecule has 1 N–H and O–H groups in total. The highest BCUT2D eigenvalue weighted by atomic mass is 16.5. The van der Waals surface area contributed by atoms with Gasteiger partial charge in [-0.25, -0.2) is 0 Å². The molecule has 3 heteroatoms. The second kappa shape index (κ2) is 6.40. The smallest absolute Gasteiger partial charge is 0.122 e. The molecule has 0 spiro atoms. The van der Waals surface area contributed by atoms with E-state index in [-0.39, 0.29) is 0 Å². The Labute approximate surface area is 103 Å². The zero-order valence-electron chi connectivity index (χ0n) is 10.4. The lowest BCUT2D eigenvalue weighted by Crippen LogP contribution is -2.22. The molecule has 0 radical (unpaired) electrons. The summed E-state index contributed by atoms with van der Waals surface area (Å²) in [6, 6.07) is 8.63. The molecule has 0 bridgehead atoms. The Morgan fingerprint density at radius 3 is 3.12 bits per heavy atom. The fraction of sp³-hybridized carbons (Fsp3) is 0.500. The molecule has 0 saturated carbocycles. The Kier molecular flexibility index (Phi) is 4.56. The zero-order chi connectivity index (χ0) is 11.9. The van der Waals surface area contributed by atoms with Gasteiger partial charge >= 0.3 is 0 Å². The molecule has 1 atom stereocenters. The van der Waals surface area contributed by atoms with Crippen LogP contribution in [0.15, 0.2) is 29.3 Å². The third-order valence-electron chi connectivity index (χ3n) is 3.09. The zero-order valence-corrected chi connectivity index (χ0v) is 10.4. The van der Waals surface area contributed by atoms with Crippen LogP contribution in [0.1, 0.15) is 18.4 Å². The molecule has 0 aliphatic carbocycles. The van der Waals surface area contributed by atoms with Crippen molar-refractivity contribution in [2.45, 2.75) is 25.3 Å². The summed E-state index contributed by atoms with van der Waals surface area (Å²) in [5.41, 5.74) is 1.23. The summed E-state index contributed by atoms with van der Waals surface area (Å²) in [6.45, 7) is 1.96. The first-order chi connectivity index (χ1) is 8.40. The van der Waals surface area contributed by atoms with E-state index in [9.17, 15) is 0 Å². The lowest BCUT2D eigenvalue weighted by molar-refractivity contribution is 0.410. The molecule has 1 fully saturated rings. The fourth-order valence-electron chi connectivity index (χ4n) is 2.14. The summed E-state index contributed by atoms with van der Waals surface area (Å²) < 4.78 is 5.31. The first-order valence-electron chi connectivity index (χ1n) is 6.25. The van der Waals surface area contributed by atoms with Gasteiger partial charge in [-0.2, -0.15) is 0 Å². The van der Waals surface area contributed by atoms with Gasteiger partial charge in [-0.3, -0.25) is 4.99 Å². The summed E-state index contributed by atoms with van der Waals surface area (Å²) >= 11 is 0. The lowest BCUT2D eigenvalue weighted by Gasteiger charge is -2.06. The number of benzene rings is 1. The average Bonchev–Trinajstić information content (AvgIpc) is 2.88. The minimum atomic E-state index is 0.493. The van der Waals surface area contributed by atoms with Gasteiger partial charge < -0.3 is 10.1 Å². The number of aliphatic imine (C=N–C) groups is 1. The van der Waals surface area contributed by atoms with Crippen LogP contribution in [0, 0.1) is 0 Å². The van der Waals surface area contributed by atoms with Crippen molar-refractivity contribution < 1.29 is 4.74 Å². The Bertz CT molecular complexity index is 370. The molecule has 17 heavy (non-hydrogen) atoms. The van der Waals surface area contributed by atoms with E-state index in [0.717, 1.165) is 25.3 Å². The van der Waals surface area contributed by atoms with E-state index in [2.05, 4.69) is 22.6 Å². The predicted octanol–water partition coefficient (Wildman–Crippen LogP) is 2.06. The minimum Gasteiger partial charge on any atom is -0.496 e. The standard InChI is InChI=1S/C14H20N2O/c1-17-14-7-3-2-5-12(14)8-10-15-11-13-6-4-9-16-13/h2-3,5,7,11,13,16H,4,6,8-10H2,1H3. The second-order valence-electron chi connectivity index (χ2n) is 4.32. The Balaban J connectivity index is 1.80. The molecule has 1 saturated heterocycles. The molecule has 2 rings (SSSR count). The van der Waals surface area contributed by atoms with Crippen LogP contribution in [-0.4, -0.2) is 32.5 Å². The predicted molar refractivity (Wildman–Crippen MR) is 71.1 cm³/mol. The second-order valence-corrected chi connectivity index (χ2v) is 4.32. The van der Waals surface area contributed by atoms with E-state index < -0.39 is 0 Å². The molecule has 0 aromatic heterocycles. The monoisotopic (exact) mass is 232 g/mol. The van der Waals surface area contributed by atoms with Gasteiger partial charge in [0.2, 0.25) is 0 Å². The van der Waals surface area contributed by atoms with Crippen LogP contribution in [0.3, 0.4) is 0 Å². The Hall–Kier alpha value is -1.35. The molecule has 1 aliphatic heterocycles. The largest absolute Gasteiger partial charge is 0.496 e. The molecule has 1 unspecified atom stereocenters. The van der Waals surface area contributed by atoms with Gasteiger partial charge in [0, 0.05) is 18.8 Å². The first kappa shape index (κ1) is 12.1. The quantitative estimate of drug-likeness (QED) is 0.788. The maximum Gasteiger partial charge on any atom is 0.122 e. The number of nitrogens with zero attached hydrogens (tertiary/aromatic N) is 1. The van der Waals surface area contributed by atoms with Gasteiger partial charge in [0.05, 0.1) is 7.11 Å². The maximum atomic E-state index is 5.31. The number of hydrogen-bond donors (Lipinski definition) is 1. The van der Waals surface area contributed by atoms with Gasteiger partial charge in [-0.15, -0.1) is 0 Å². The van der Waals surface area contributed by atoms with Crippen LogP contribution in [0.5, 0.6) is 5.75 Å². The number of nitrogens with one attached hydrogen (secondary N) is 1. The van der Waals surface area contributed by atoms with Crippen LogP contribution in [0.25, 0.3) is 0 Å². The van der Waals surface area contributed by atoms with Crippen LogP contribution in [0.2, 0.25) is 0 Å². The highest BCUT2D eigenvalue weighted by Gasteiger charge is 2.10. The molecule has 1 heterocycles. The fourth-order valence-corrected chi connectivity index (χ4v) is 2.14. The summed E-state index contributed by atoms with van der Waals surface area (Å²) in [6.07, 6.45) is 5.48. The maximum absolute atomic E-state index is 5.31. The minimum absolute atomic E-state index is 0.493. The molecule has 3 nitrogen and oxygen atoms in total. The number of ether oxygens (including phenoxy) is 1. The average molecular weight is 232 g/mol. The van der Waals surface area contributed by atoms with Gasteiger partial charge in [-0.05, 0) is 37.4 Å².